The van der Waals surface area contributed by atoms with Gasteiger partial charge in [0.2, 0.25) is 11.8 Å². The Morgan fingerprint density at radius 1 is 1.30 bits per heavy atom. The average Bonchev–Trinajstić information content (AvgIpc) is 2.77. The predicted octanol–water partition coefficient (Wildman–Crippen LogP) is 1.75. The van der Waals surface area contributed by atoms with Gasteiger partial charge in [0, 0.05) is 20.0 Å². The van der Waals surface area contributed by atoms with E-state index in [4.69, 9.17) is 0 Å². The van der Waals surface area contributed by atoms with Crippen LogP contribution in [0.25, 0.3) is 0 Å². The lowest BCUT2D eigenvalue weighted by atomic mass is 10.1. The number of likely N-dealkylation sites (N-methyl/N-ethyl adjacent to an activating group) is 1. The molecule has 1 aromatic rings. The number of amides is 2. The average molecular weight is 274 g/mol. The maximum atomic E-state index is 11.8. The molecule has 1 atom stereocenters. The SMILES string of the molecule is CN1CCC(NC(=O)CCCCc2ccccc2)C1=O. The van der Waals surface area contributed by atoms with Crippen molar-refractivity contribution in [2.45, 2.75) is 38.1 Å². The van der Waals surface area contributed by atoms with Gasteiger partial charge in [-0.3, -0.25) is 9.59 Å². The van der Waals surface area contributed by atoms with Crippen LogP contribution in [0, 0.1) is 0 Å². The Labute approximate surface area is 120 Å². The van der Waals surface area contributed by atoms with Crippen molar-refractivity contribution < 1.29 is 9.59 Å². The smallest absolute Gasteiger partial charge is 0.244 e. The lowest BCUT2D eigenvalue weighted by molar-refractivity contribution is -0.131. The number of carbonyl (C=O) groups is 2. The van der Waals surface area contributed by atoms with Gasteiger partial charge in [-0.15, -0.1) is 0 Å². The fourth-order valence-corrected chi connectivity index (χ4v) is 2.48. The van der Waals surface area contributed by atoms with Crippen LogP contribution < -0.4 is 5.32 Å². The second kappa shape index (κ2) is 7.08. The molecular weight excluding hydrogens is 252 g/mol. The van der Waals surface area contributed by atoms with Crippen LogP contribution in [0.4, 0.5) is 0 Å². The van der Waals surface area contributed by atoms with Crippen molar-refractivity contribution in [2.24, 2.45) is 0 Å². The first-order valence-electron chi connectivity index (χ1n) is 7.25. The molecular formula is C16H22N2O2. The molecule has 2 amide bonds. The minimum Gasteiger partial charge on any atom is -0.344 e. The molecule has 1 fully saturated rings. The summed E-state index contributed by atoms with van der Waals surface area (Å²) in [6, 6.07) is 9.97. The van der Waals surface area contributed by atoms with Crippen LogP contribution in [-0.2, 0) is 16.0 Å². The molecule has 1 saturated heterocycles. The van der Waals surface area contributed by atoms with Gasteiger partial charge in [0.15, 0.2) is 0 Å². The minimum atomic E-state index is -0.304. The third-order valence-electron chi connectivity index (χ3n) is 3.72. The van der Waals surface area contributed by atoms with E-state index in [-0.39, 0.29) is 17.9 Å². The van der Waals surface area contributed by atoms with Gasteiger partial charge >= 0.3 is 0 Å². The normalized spacial score (nSPS) is 18.4. The number of carbonyl (C=O) groups excluding carboxylic acids is 2. The molecule has 0 spiro atoms. The number of hydrogen-bond donors (Lipinski definition) is 1. The molecule has 20 heavy (non-hydrogen) atoms. The molecule has 1 heterocycles. The fraction of sp³-hybridized carbons (Fsp3) is 0.500. The highest BCUT2D eigenvalue weighted by molar-refractivity contribution is 5.88. The number of unbranched alkanes of at least 4 members (excludes halogenated alkanes) is 1. The topological polar surface area (TPSA) is 49.4 Å². The van der Waals surface area contributed by atoms with Crippen molar-refractivity contribution in [3.05, 3.63) is 35.9 Å². The van der Waals surface area contributed by atoms with Gasteiger partial charge in [0.05, 0.1) is 0 Å². The molecule has 1 unspecified atom stereocenters. The second-order valence-corrected chi connectivity index (χ2v) is 5.36. The Morgan fingerprint density at radius 2 is 2.05 bits per heavy atom. The number of rotatable bonds is 6. The largest absolute Gasteiger partial charge is 0.344 e. The highest BCUT2D eigenvalue weighted by atomic mass is 16.2. The van der Waals surface area contributed by atoms with Crippen molar-refractivity contribution in [3.8, 4) is 0 Å². The Hall–Kier alpha value is -1.84. The third kappa shape index (κ3) is 4.08. The monoisotopic (exact) mass is 274 g/mol. The Balaban J connectivity index is 1.62. The second-order valence-electron chi connectivity index (χ2n) is 5.36. The van der Waals surface area contributed by atoms with Crippen molar-refractivity contribution in [2.75, 3.05) is 13.6 Å². The van der Waals surface area contributed by atoms with Gasteiger partial charge in [-0.05, 0) is 31.2 Å². The molecule has 108 valence electrons. The molecule has 0 aliphatic carbocycles. The Morgan fingerprint density at radius 3 is 2.70 bits per heavy atom. The van der Waals surface area contributed by atoms with Crippen LogP contribution >= 0.6 is 0 Å². The van der Waals surface area contributed by atoms with Crippen LogP contribution in [0.3, 0.4) is 0 Å². The van der Waals surface area contributed by atoms with Gasteiger partial charge in [0.25, 0.3) is 0 Å². The van der Waals surface area contributed by atoms with E-state index in [0.29, 0.717) is 6.42 Å². The Kier molecular flexibility index (Phi) is 5.16. The van der Waals surface area contributed by atoms with E-state index in [1.807, 2.05) is 18.2 Å². The van der Waals surface area contributed by atoms with E-state index in [0.717, 1.165) is 32.2 Å². The van der Waals surface area contributed by atoms with E-state index in [1.54, 1.807) is 11.9 Å². The zero-order chi connectivity index (χ0) is 14.4. The zero-order valence-electron chi connectivity index (χ0n) is 12.0. The van der Waals surface area contributed by atoms with Crippen LogP contribution in [0.5, 0.6) is 0 Å². The summed E-state index contributed by atoms with van der Waals surface area (Å²) in [7, 11) is 1.77. The van der Waals surface area contributed by atoms with E-state index >= 15 is 0 Å². The summed E-state index contributed by atoms with van der Waals surface area (Å²) in [5, 5.41) is 2.83. The molecule has 0 saturated carbocycles. The number of benzene rings is 1. The molecule has 1 aliphatic heterocycles. The fourth-order valence-electron chi connectivity index (χ4n) is 2.48. The maximum absolute atomic E-state index is 11.8. The van der Waals surface area contributed by atoms with Gasteiger partial charge in [-0.25, -0.2) is 0 Å². The first kappa shape index (κ1) is 14.6. The summed E-state index contributed by atoms with van der Waals surface area (Å²) in [4.78, 5) is 25.1. The zero-order valence-corrected chi connectivity index (χ0v) is 12.0. The molecule has 1 aromatic carbocycles. The minimum absolute atomic E-state index is 0.00767. The van der Waals surface area contributed by atoms with Crippen molar-refractivity contribution in [1.82, 2.24) is 10.2 Å². The summed E-state index contributed by atoms with van der Waals surface area (Å²) in [6.07, 6.45) is 4.08. The predicted molar refractivity (Wildman–Crippen MR) is 78.2 cm³/mol. The summed E-state index contributed by atoms with van der Waals surface area (Å²) >= 11 is 0. The van der Waals surface area contributed by atoms with E-state index < -0.39 is 0 Å². The highest BCUT2D eigenvalue weighted by Gasteiger charge is 2.29. The molecule has 4 nitrogen and oxygen atoms in total. The number of likely N-dealkylation sites (tertiary alicyclic amines) is 1. The molecule has 1 aliphatic rings. The van der Waals surface area contributed by atoms with E-state index in [2.05, 4.69) is 17.4 Å². The number of hydrogen-bond acceptors (Lipinski definition) is 2. The van der Waals surface area contributed by atoms with Crippen LogP contribution in [0.15, 0.2) is 30.3 Å². The Bertz CT molecular complexity index is 459. The third-order valence-corrected chi connectivity index (χ3v) is 3.72. The molecule has 0 aromatic heterocycles. The molecule has 0 bridgehead atoms. The van der Waals surface area contributed by atoms with Crippen molar-refractivity contribution in [1.29, 1.82) is 0 Å². The lowest BCUT2D eigenvalue weighted by Crippen LogP contribution is -2.40. The lowest BCUT2D eigenvalue weighted by Gasteiger charge is -2.12. The van der Waals surface area contributed by atoms with Crippen LogP contribution in [0.1, 0.15) is 31.2 Å². The van der Waals surface area contributed by atoms with Gasteiger partial charge in [-0.2, -0.15) is 0 Å². The maximum Gasteiger partial charge on any atom is 0.244 e. The summed E-state index contributed by atoms with van der Waals surface area (Å²) in [5.41, 5.74) is 1.31. The first-order valence-corrected chi connectivity index (χ1v) is 7.25. The number of nitrogens with zero attached hydrogens (tertiary/aromatic N) is 1. The number of aryl methyl sites for hydroxylation is 1. The molecule has 0 radical (unpaired) electrons. The molecule has 2 rings (SSSR count). The van der Waals surface area contributed by atoms with Crippen LogP contribution in [0.2, 0.25) is 0 Å². The number of nitrogens with one attached hydrogen (secondary N) is 1. The summed E-state index contributed by atoms with van der Waals surface area (Å²) < 4.78 is 0. The van der Waals surface area contributed by atoms with Crippen molar-refractivity contribution >= 4 is 11.8 Å². The highest BCUT2D eigenvalue weighted by Crippen LogP contribution is 2.10. The van der Waals surface area contributed by atoms with Crippen LogP contribution in [-0.4, -0.2) is 36.3 Å². The molecule has 4 heteroatoms. The van der Waals surface area contributed by atoms with Gasteiger partial charge < -0.3 is 10.2 Å². The van der Waals surface area contributed by atoms with Crippen molar-refractivity contribution in [3.63, 3.8) is 0 Å². The van der Waals surface area contributed by atoms with Gasteiger partial charge in [-0.1, -0.05) is 30.3 Å². The molecule has 1 N–H and O–H groups in total. The standard InChI is InChI=1S/C16H22N2O2/c1-18-12-11-14(16(18)20)17-15(19)10-6-5-9-13-7-3-2-4-8-13/h2-4,7-8,14H,5-6,9-12H2,1H3,(H,17,19). The summed E-state index contributed by atoms with van der Waals surface area (Å²) in [5.74, 6) is 0.0225. The first-order chi connectivity index (χ1) is 9.66. The summed E-state index contributed by atoms with van der Waals surface area (Å²) in [6.45, 7) is 0.734. The van der Waals surface area contributed by atoms with E-state index in [1.165, 1.54) is 5.56 Å². The quantitative estimate of drug-likeness (QED) is 0.803. The van der Waals surface area contributed by atoms with Gasteiger partial charge in [0.1, 0.15) is 6.04 Å². The van der Waals surface area contributed by atoms with E-state index in [9.17, 15) is 9.59 Å².